The first-order chi connectivity index (χ1) is 11.2. The number of tetrazole rings is 1. The highest BCUT2D eigenvalue weighted by atomic mass is 16.2. The van der Waals surface area contributed by atoms with E-state index in [0.29, 0.717) is 12.4 Å². The second-order valence-corrected chi connectivity index (χ2v) is 5.51. The monoisotopic (exact) mass is 312 g/mol. The van der Waals surface area contributed by atoms with Crippen LogP contribution < -0.4 is 10.6 Å². The number of nitrogens with zero attached hydrogens (tertiary/aromatic N) is 4. The Morgan fingerprint density at radius 1 is 1.39 bits per heavy atom. The molecule has 1 aliphatic heterocycles. The maximum atomic E-state index is 12.2. The third kappa shape index (κ3) is 3.81. The van der Waals surface area contributed by atoms with Crippen LogP contribution in [0.5, 0.6) is 0 Å². The summed E-state index contributed by atoms with van der Waals surface area (Å²) in [6.45, 7) is 4.17. The average molecular weight is 312 g/mol. The lowest BCUT2D eigenvalue weighted by Gasteiger charge is -2.16. The van der Waals surface area contributed by atoms with Crippen molar-refractivity contribution in [3.8, 4) is 11.4 Å². The summed E-state index contributed by atoms with van der Waals surface area (Å²) in [4.78, 5) is 13.6. The Bertz CT molecular complexity index is 694. The molecule has 1 aromatic carbocycles. The lowest BCUT2D eigenvalue weighted by atomic mass is 10.1. The number of benzene rings is 1. The molecule has 0 radical (unpaired) electrons. The van der Waals surface area contributed by atoms with Gasteiger partial charge in [-0.1, -0.05) is 42.0 Å². The SMILES string of the molecule is CC(C(=O)NCC1=CCNCC1)n1nnc(-c2ccccc2)n1. The zero-order valence-corrected chi connectivity index (χ0v) is 13.1. The van der Waals surface area contributed by atoms with E-state index in [9.17, 15) is 4.79 Å². The number of carbonyl (C=O) groups is 1. The van der Waals surface area contributed by atoms with Crippen LogP contribution in [-0.2, 0) is 4.79 Å². The topological polar surface area (TPSA) is 84.7 Å². The Labute approximate surface area is 134 Å². The number of amides is 1. The van der Waals surface area contributed by atoms with Gasteiger partial charge in [0.15, 0.2) is 0 Å². The van der Waals surface area contributed by atoms with Crippen LogP contribution in [0, 0.1) is 0 Å². The molecular weight excluding hydrogens is 292 g/mol. The predicted molar refractivity (Wildman–Crippen MR) is 86.5 cm³/mol. The molecule has 2 aromatic rings. The van der Waals surface area contributed by atoms with E-state index in [1.54, 1.807) is 6.92 Å². The minimum Gasteiger partial charge on any atom is -0.350 e. The van der Waals surface area contributed by atoms with Gasteiger partial charge in [-0.05, 0) is 25.1 Å². The normalized spacial score (nSPS) is 15.8. The van der Waals surface area contributed by atoms with Gasteiger partial charge in [-0.25, -0.2) is 0 Å². The van der Waals surface area contributed by atoms with E-state index in [-0.39, 0.29) is 5.91 Å². The predicted octanol–water partition coefficient (Wildman–Crippen LogP) is 0.937. The van der Waals surface area contributed by atoms with Gasteiger partial charge < -0.3 is 10.6 Å². The molecule has 0 saturated heterocycles. The smallest absolute Gasteiger partial charge is 0.246 e. The van der Waals surface area contributed by atoms with Crippen LogP contribution in [0.3, 0.4) is 0 Å². The molecule has 7 nitrogen and oxygen atoms in total. The number of carbonyl (C=O) groups excluding carboxylic acids is 1. The molecule has 1 aliphatic rings. The molecule has 1 amide bonds. The highest BCUT2D eigenvalue weighted by molar-refractivity contribution is 5.79. The van der Waals surface area contributed by atoms with Gasteiger partial charge in [0.05, 0.1) is 0 Å². The molecule has 0 aliphatic carbocycles. The van der Waals surface area contributed by atoms with E-state index in [4.69, 9.17) is 0 Å². The third-order valence-corrected chi connectivity index (χ3v) is 3.83. The largest absolute Gasteiger partial charge is 0.350 e. The summed E-state index contributed by atoms with van der Waals surface area (Å²) in [5.41, 5.74) is 2.13. The summed E-state index contributed by atoms with van der Waals surface area (Å²) in [6.07, 6.45) is 3.09. The van der Waals surface area contributed by atoms with Crippen molar-refractivity contribution in [3.05, 3.63) is 42.0 Å². The molecule has 0 saturated carbocycles. The van der Waals surface area contributed by atoms with Crippen molar-refractivity contribution < 1.29 is 4.79 Å². The molecule has 1 aromatic heterocycles. The zero-order valence-electron chi connectivity index (χ0n) is 13.1. The highest BCUT2D eigenvalue weighted by Crippen LogP contribution is 2.13. The van der Waals surface area contributed by atoms with Crippen LogP contribution in [0.4, 0.5) is 0 Å². The van der Waals surface area contributed by atoms with Crippen molar-refractivity contribution in [1.29, 1.82) is 0 Å². The lowest BCUT2D eigenvalue weighted by molar-refractivity contribution is -0.124. The van der Waals surface area contributed by atoms with Gasteiger partial charge in [-0.2, -0.15) is 4.80 Å². The van der Waals surface area contributed by atoms with E-state index in [2.05, 4.69) is 32.1 Å². The van der Waals surface area contributed by atoms with Crippen molar-refractivity contribution in [1.82, 2.24) is 30.8 Å². The van der Waals surface area contributed by atoms with E-state index >= 15 is 0 Å². The lowest BCUT2D eigenvalue weighted by Crippen LogP contribution is -2.34. The van der Waals surface area contributed by atoms with Crippen LogP contribution >= 0.6 is 0 Å². The van der Waals surface area contributed by atoms with Gasteiger partial charge in [0, 0.05) is 18.7 Å². The van der Waals surface area contributed by atoms with Gasteiger partial charge in [0.2, 0.25) is 11.7 Å². The van der Waals surface area contributed by atoms with Crippen LogP contribution in [0.2, 0.25) is 0 Å². The van der Waals surface area contributed by atoms with Crippen LogP contribution in [-0.4, -0.2) is 45.7 Å². The fraction of sp³-hybridized carbons (Fsp3) is 0.375. The van der Waals surface area contributed by atoms with Gasteiger partial charge in [0.25, 0.3) is 0 Å². The molecule has 1 unspecified atom stereocenters. The number of aromatic nitrogens is 4. The van der Waals surface area contributed by atoms with Gasteiger partial charge in [-0.3, -0.25) is 4.79 Å². The van der Waals surface area contributed by atoms with Crippen LogP contribution in [0.1, 0.15) is 19.4 Å². The molecular formula is C16H20N6O. The Kier molecular flexibility index (Phi) is 4.77. The van der Waals surface area contributed by atoms with Crippen molar-refractivity contribution >= 4 is 5.91 Å². The molecule has 1 atom stereocenters. The highest BCUT2D eigenvalue weighted by Gasteiger charge is 2.18. The quantitative estimate of drug-likeness (QED) is 0.803. The first-order valence-electron chi connectivity index (χ1n) is 7.75. The number of rotatable bonds is 5. The van der Waals surface area contributed by atoms with E-state index < -0.39 is 6.04 Å². The first kappa shape index (κ1) is 15.4. The molecule has 0 fully saturated rings. The number of hydrogen-bond acceptors (Lipinski definition) is 5. The summed E-state index contributed by atoms with van der Waals surface area (Å²) in [5, 5.41) is 18.5. The Morgan fingerprint density at radius 2 is 2.22 bits per heavy atom. The standard InChI is InChI=1S/C16H20N6O/c1-12(16(23)18-11-13-7-9-17-10-8-13)22-20-15(19-21-22)14-5-3-2-4-6-14/h2-7,12,17H,8-11H2,1H3,(H,18,23). The number of hydrogen-bond donors (Lipinski definition) is 2. The third-order valence-electron chi connectivity index (χ3n) is 3.83. The Hall–Kier alpha value is -2.54. The molecule has 23 heavy (non-hydrogen) atoms. The molecule has 0 bridgehead atoms. The number of nitrogens with one attached hydrogen (secondary N) is 2. The minimum absolute atomic E-state index is 0.110. The second kappa shape index (κ2) is 7.15. The summed E-state index contributed by atoms with van der Waals surface area (Å²) >= 11 is 0. The Morgan fingerprint density at radius 3 is 2.96 bits per heavy atom. The minimum atomic E-state index is -0.498. The second-order valence-electron chi connectivity index (χ2n) is 5.51. The van der Waals surface area contributed by atoms with E-state index in [0.717, 1.165) is 25.1 Å². The molecule has 2 heterocycles. The Balaban J connectivity index is 1.61. The van der Waals surface area contributed by atoms with Crippen LogP contribution in [0.15, 0.2) is 42.0 Å². The maximum Gasteiger partial charge on any atom is 0.246 e. The van der Waals surface area contributed by atoms with Crippen LogP contribution in [0.25, 0.3) is 11.4 Å². The summed E-state index contributed by atoms with van der Waals surface area (Å²) in [5.74, 6) is 0.410. The zero-order chi connectivity index (χ0) is 16.1. The van der Waals surface area contributed by atoms with Gasteiger partial charge >= 0.3 is 0 Å². The fourth-order valence-corrected chi connectivity index (χ4v) is 2.38. The van der Waals surface area contributed by atoms with Crippen molar-refractivity contribution in [2.75, 3.05) is 19.6 Å². The average Bonchev–Trinajstić information content (AvgIpc) is 3.11. The molecule has 7 heteroatoms. The maximum absolute atomic E-state index is 12.2. The van der Waals surface area contributed by atoms with Gasteiger partial charge in [0.1, 0.15) is 6.04 Å². The van der Waals surface area contributed by atoms with Crippen molar-refractivity contribution in [2.45, 2.75) is 19.4 Å². The van der Waals surface area contributed by atoms with E-state index in [1.807, 2.05) is 30.3 Å². The van der Waals surface area contributed by atoms with Crippen molar-refractivity contribution in [3.63, 3.8) is 0 Å². The molecule has 0 spiro atoms. The van der Waals surface area contributed by atoms with Crippen molar-refractivity contribution in [2.24, 2.45) is 0 Å². The summed E-state index contributed by atoms with van der Waals surface area (Å²) in [7, 11) is 0. The summed E-state index contributed by atoms with van der Waals surface area (Å²) in [6, 6.07) is 9.09. The summed E-state index contributed by atoms with van der Waals surface area (Å²) < 4.78 is 0. The fourth-order valence-electron chi connectivity index (χ4n) is 2.38. The molecule has 120 valence electrons. The first-order valence-corrected chi connectivity index (χ1v) is 7.75. The van der Waals surface area contributed by atoms with E-state index in [1.165, 1.54) is 10.4 Å². The molecule has 3 rings (SSSR count). The molecule has 2 N–H and O–H groups in total. The van der Waals surface area contributed by atoms with Gasteiger partial charge in [-0.15, -0.1) is 10.2 Å².